The van der Waals surface area contributed by atoms with Gasteiger partial charge in [0.05, 0.1) is 29.6 Å². The number of ether oxygens (including phenoxy) is 2. The number of para-hydroxylation sites is 1. The molecule has 0 spiro atoms. The van der Waals surface area contributed by atoms with Crippen molar-refractivity contribution in [2.75, 3.05) is 19.0 Å². The third-order valence-electron chi connectivity index (χ3n) is 6.39. The van der Waals surface area contributed by atoms with Gasteiger partial charge in [0.15, 0.2) is 12.4 Å². The standard InChI is InChI=1S/C32H23ClN4O5/c1-40-27-10-5-11-28-25(27)17-29(42-28)31-36-26-9-3-2-8-24(26)32(39)37(31)34-18-20-6-4-7-23(16-20)41-19-30(38)35-22-14-12-21(33)13-15-22/h2-18H,19H2,1H3,(H,35,38). The van der Waals surface area contributed by atoms with Gasteiger partial charge < -0.3 is 19.2 Å². The molecule has 0 radical (unpaired) electrons. The Balaban J connectivity index is 1.29. The molecule has 0 aliphatic carbocycles. The van der Waals surface area contributed by atoms with Gasteiger partial charge in [0, 0.05) is 10.7 Å². The maximum Gasteiger partial charge on any atom is 0.282 e. The van der Waals surface area contributed by atoms with Crippen molar-refractivity contribution in [3.05, 3.63) is 118 Å². The van der Waals surface area contributed by atoms with Crippen molar-refractivity contribution >= 4 is 51.3 Å². The summed E-state index contributed by atoms with van der Waals surface area (Å²) in [6, 6.07) is 28.1. The number of fused-ring (bicyclic) bond motifs is 2. The van der Waals surface area contributed by atoms with E-state index in [4.69, 9.17) is 30.5 Å². The molecule has 0 saturated heterocycles. The van der Waals surface area contributed by atoms with Crippen LogP contribution in [0.4, 0.5) is 5.69 Å². The van der Waals surface area contributed by atoms with Crippen LogP contribution in [0.25, 0.3) is 33.5 Å². The maximum atomic E-state index is 13.6. The molecule has 6 aromatic rings. The highest BCUT2D eigenvalue weighted by molar-refractivity contribution is 6.30. The molecule has 0 atom stereocenters. The summed E-state index contributed by atoms with van der Waals surface area (Å²) >= 11 is 5.89. The second-order valence-electron chi connectivity index (χ2n) is 9.21. The van der Waals surface area contributed by atoms with E-state index in [9.17, 15) is 9.59 Å². The van der Waals surface area contributed by atoms with Gasteiger partial charge in [-0.2, -0.15) is 9.78 Å². The molecule has 0 aliphatic heterocycles. The van der Waals surface area contributed by atoms with Crippen molar-refractivity contribution in [2.24, 2.45) is 5.10 Å². The number of methoxy groups -OCH3 is 1. The molecule has 0 unspecified atom stereocenters. The fourth-order valence-electron chi connectivity index (χ4n) is 4.40. The number of rotatable bonds is 8. The van der Waals surface area contributed by atoms with Crippen molar-refractivity contribution < 1.29 is 18.7 Å². The number of benzene rings is 4. The minimum atomic E-state index is -0.356. The van der Waals surface area contributed by atoms with Crippen molar-refractivity contribution in [3.8, 4) is 23.1 Å². The minimum Gasteiger partial charge on any atom is -0.496 e. The van der Waals surface area contributed by atoms with E-state index in [1.165, 1.54) is 10.9 Å². The maximum absolute atomic E-state index is 13.6. The van der Waals surface area contributed by atoms with Crippen LogP contribution in [0, 0.1) is 0 Å². The summed E-state index contributed by atoms with van der Waals surface area (Å²) < 4.78 is 18.4. The number of nitrogens with zero attached hydrogens (tertiary/aromatic N) is 3. The molecule has 1 amide bonds. The van der Waals surface area contributed by atoms with Crippen LogP contribution in [0.15, 0.2) is 111 Å². The molecular formula is C32H23ClN4O5. The summed E-state index contributed by atoms with van der Waals surface area (Å²) in [5, 5.41) is 8.98. The molecule has 6 rings (SSSR count). The number of halogens is 1. The highest BCUT2D eigenvalue weighted by atomic mass is 35.5. The van der Waals surface area contributed by atoms with Gasteiger partial charge in [-0.25, -0.2) is 4.98 Å². The van der Waals surface area contributed by atoms with E-state index in [0.717, 1.165) is 5.39 Å². The SMILES string of the molecule is COc1cccc2oc(-c3nc4ccccc4c(=O)n3N=Cc3cccc(OCC(=O)Nc4ccc(Cl)cc4)c3)cc12. The predicted molar refractivity (Wildman–Crippen MR) is 163 cm³/mol. The average Bonchev–Trinajstić information content (AvgIpc) is 3.45. The zero-order valence-electron chi connectivity index (χ0n) is 22.3. The zero-order valence-corrected chi connectivity index (χ0v) is 23.0. The monoisotopic (exact) mass is 578 g/mol. The van der Waals surface area contributed by atoms with E-state index >= 15 is 0 Å². The second kappa shape index (κ2) is 11.6. The van der Waals surface area contributed by atoms with Crippen LogP contribution in [0.5, 0.6) is 11.5 Å². The van der Waals surface area contributed by atoms with Crippen LogP contribution in [0.2, 0.25) is 5.02 Å². The van der Waals surface area contributed by atoms with E-state index in [1.54, 1.807) is 79.9 Å². The highest BCUT2D eigenvalue weighted by Gasteiger charge is 2.18. The van der Waals surface area contributed by atoms with Crippen molar-refractivity contribution in [3.63, 3.8) is 0 Å². The Hall–Kier alpha value is -5.41. The molecular weight excluding hydrogens is 556 g/mol. The Bertz CT molecular complexity index is 2010. The Morgan fingerprint density at radius 3 is 2.64 bits per heavy atom. The number of nitrogens with one attached hydrogen (secondary N) is 1. The van der Waals surface area contributed by atoms with Gasteiger partial charge in [-0.1, -0.05) is 41.9 Å². The van der Waals surface area contributed by atoms with Crippen LogP contribution in [-0.4, -0.2) is 35.5 Å². The molecule has 0 saturated carbocycles. The van der Waals surface area contributed by atoms with E-state index < -0.39 is 0 Å². The van der Waals surface area contributed by atoms with Gasteiger partial charge in [-0.3, -0.25) is 9.59 Å². The highest BCUT2D eigenvalue weighted by Crippen LogP contribution is 2.33. The molecule has 10 heteroatoms. The number of anilines is 1. The topological polar surface area (TPSA) is 108 Å². The largest absolute Gasteiger partial charge is 0.496 e. The number of amides is 1. The average molecular weight is 579 g/mol. The third-order valence-corrected chi connectivity index (χ3v) is 6.65. The first-order valence-corrected chi connectivity index (χ1v) is 13.3. The molecule has 9 nitrogen and oxygen atoms in total. The zero-order chi connectivity index (χ0) is 29.1. The van der Waals surface area contributed by atoms with E-state index in [-0.39, 0.29) is 23.9 Å². The molecule has 0 fully saturated rings. The Labute approximate surface area is 244 Å². The van der Waals surface area contributed by atoms with Gasteiger partial charge in [-0.15, -0.1) is 0 Å². The second-order valence-corrected chi connectivity index (χ2v) is 9.65. The summed E-state index contributed by atoms with van der Waals surface area (Å²) in [6.07, 6.45) is 1.52. The number of carbonyl (C=O) groups excluding carboxylic acids is 1. The Morgan fingerprint density at radius 2 is 1.81 bits per heavy atom. The van der Waals surface area contributed by atoms with E-state index in [2.05, 4.69) is 10.4 Å². The summed E-state index contributed by atoms with van der Waals surface area (Å²) in [6.45, 7) is -0.197. The lowest BCUT2D eigenvalue weighted by atomic mass is 10.2. The van der Waals surface area contributed by atoms with Crippen LogP contribution < -0.4 is 20.3 Å². The van der Waals surface area contributed by atoms with Crippen molar-refractivity contribution in [2.45, 2.75) is 0 Å². The number of hydrogen-bond acceptors (Lipinski definition) is 7. The molecule has 4 aromatic carbocycles. The Kier molecular flexibility index (Phi) is 7.40. The fourth-order valence-corrected chi connectivity index (χ4v) is 4.53. The molecule has 2 aromatic heterocycles. The lowest BCUT2D eigenvalue weighted by molar-refractivity contribution is -0.118. The van der Waals surface area contributed by atoms with Gasteiger partial charge >= 0.3 is 0 Å². The smallest absolute Gasteiger partial charge is 0.282 e. The number of aromatic nitrogens is 2. The van der Waals surface area contributed by atoms with E-state index in [0.29, 0.717) is 50.0 Å². The first kappa shape index (κ1) is 26.8. The third kappa shape index (κ3) is 5.59. The Morgan fingerprint density at radius 1 is 1.00 bits per heavy atom. The van der Waals surface area contributed by atoms with Crippen LogP contribution in [0.3, 0.4) is 0 Å². The lowest BCUT2D eigenvalue weighted by Crippen LogP contribution is -2.20. The van der Waals surface area contributed by atoms with Crippen LogP contribution >= 0.6 is 11.6 Å². The molecule has 0 bridgehead atoms. The lowest BCUT2D eigenvalue weighted by Gasteiger charge is -2.09. The van der Waals surface area contributed by atoms with Gasteiger partial charge in [-0.05, 0) is 72.3 Å². The minimum absolute atomic E-state index is 0.197. The van der Waals surface area contributed by atoms with Crippen molar-refractivity contribution in [1.82, 2.24) is 9.66 Å². The molecule has 42 heavy (non-hydrogen) atoms. The quantitative estimate of drug-likeness (QED) is 0.210. The van der Waals surface area contributed by atoms with Crippen LogP contribution in [-0.2, 0) is 4.79 Å². The summed E-state index contributed by atoms with van der Waals surface area (Å²) in [7, 11) is 1.58. The summed E-state index contributed by atoms with van der Waals surface area (Å²) in [5.41, 5.74) is 2.01. The van der Waals surface area contributed by atoms with E-state index in [1.807, 2.05) is 24.3 Å². The van der Waals surface area contributed by atoms with Crippen molar-refractivity contribution in [1.29, 1.82) is 0 Å². The molecule has 2 heterocycles. The molecule has 208 valence electrons. The number of furan rings is 1. The normalized spacial score (nSPS) is 11.3. The predicted octanol–water partition coefficient (Wildman–Crippen LogP) is 6.37. The summed E-state index contributed by atoms with van der Waals surface area (Å²) in [4.78, 5) is 30.6. The number of hydrogen-bond donors (Lipinski definition) is 1. The fraction of sp³-hybridized carbons (Fsp3) is 0.0625. The van der Waals surface area contributed by atoms with Gasteiger partial charge in [0.1, 0.15) is 17.1 Å². The molecule has 0 aliphatic rings. The molecule has 1 N–H and O–H groups in total. The number of carbonyl (C=O) groups is 1. The van der Waals surface area contributed by atoms with Crippen LogP contribution in [0.1, 0.15) is 5.56 Å². The first-order valence-electron chi connectivity index (χ1n) is 12.9. The summed E-state index contributed by atoms with van der Waals surface area (Å²) in [5.74, 6) is 1.37. The van der Waals surface area contributed by atoms with Gasteiger partial charge in [0.25, 0.3) is 11.5 Å². The van der Waals surface area contributed by atoms with Gasteiger partial charge in [0.2, 0.25) is 5.82 Å². The first-order chi connectivity index (χ1) is 20.5.